The predicted octanol–water partition coefficient (Wildman–Crippen LogP) is 0.696. The molecule has 0 saturated carbocycles. The van der Waals surface area contributed by atoms with E-state index < -0.39 is 41.1 Å². The van der Waals surface area contributed by atoms with Crippen molar-refractivity contribution in [1.82, 2.24) is 26.1 Å². The highest BCUT2D eigenvalue weighted by Gasteiger charge is 2.54. The number of likely N-dealkylation sites (tertiary alicyclic amines) is 1. The Balaban J connectivity index is 1.73. The number of hydrazine groups is 1. The van der Waals surface area contributed by atoms with Gasteiger partial charge in [-0.05, 0) is 43.6 Å². The summed E-state index contributed by atoms with van der Waals surface area (Å²) in [5.41, 5.74) is 9.42. The number of carbonyl (C=O) groups is 5. The van der Waals surface area contributed by atoms with Crippen LogP contribution in [0.4, 0.5) is 4.79 Å². The van der Waals surface area contributed by atoms with Crippen molar-refractivity contribution in [3.05, 3.63) is 35.9 Å². The van der Waals surface area contributed by atoms with Gasteiger partial charge in [0.25, 0.3) is 5.91 Å². The first-order chi connectivity index (χ1) is 18.2. The van der Waals surface area contributed by atoms with Crippen LogP contribution in [0.15, 0.2) is 30.3 Å². The van der Waals surface area contributed by atoms with Gasteiger partial charge >= 0.3 is 6.03 Å². The van der Waals surface area contributed by atoms with E-state index in [-0.39, 0.29) is 44.3 Å². The van der Waals surface area contributed by atoms with Crippen molar-refractivity contribution in [2.75, 3.05) is 19.6 Å². The predicted molar refractivity (Wildman–Crippen MR) is 137 cm³/mol. The number of carbonyl (C=O) groups excluding carboxylic acids is 5. The zero-order valence-corrected chi connectivity index (χ0v) is 21.9. The summed E-state index contributed by atoms with van der Waals surface area (Å²) in [7, 11) is 0. The van der Waals surface area contributed by atoms with E-state index in [1.165, 1.54) is 0 Å². The minimum absolute atomic E-state index is 0.138. The third kappa shape index (κ3) is 6.30. The van der Waals surface area contributed by atoms with Crippen molar-refractivity contribution in [1.29, 1.82) is 0 Å². The summed E-state index contributed by atoms with van der Waals surface area (Å²) in [4.78, 5) is 65.7. The van der Waals surface area contributed by atoms with E-state index in [0.29, 0.717) is 30.7 Å². The summed E-state index contributed by atoms with van der Waals surface area (Å²) in [6.07, 6.45) is 2.54. The zero-order chi connectivity index (χ0) is 27.9. The molecule has 2 heterocycles. The van der Waals surface area contributed by atoms with E-state index >= 15 is 0 Å². The summed E-state index contributed by atoms with van der Waals surface area (Å²) in [6, 6.07) is 8.95. The van der Waals surface area contributed by atoms with E-state index in [1.807, 2.05) is 44.2 Å². The van der Waals surface area contributed by atoms with E-state index in [4.69, 9.17) is 5.73 Å². The number of aryl methyl sites for hydroxylation is 1. The van der Waals surface area contributed by atoms with Gasteiger partial charge in [0.05, 0.1) is 18.4 Å². The quantitative estimate of drug-likeness (QED) is 0.159. The van der Waals surface area contributed by atoms with Gasteiger partial charge < -0.3 is 16.0 Å². The highest BCUT2D eigenvalue weighted by atomic mass is 16.5. The van der Waals surface area contributed by atoms with E-state index in [2.05, 4.69) is 10.7 Å². The molecular weight excluding hydrogens is 492 g/mol. The number of rotatable bonds is 11. The molecule has 1 aromatic carbocycles. The number of nitrogens with one attached hydrogen (secondary N) is 3. The Bertz CT molecular complexity index is 1030. The lowest BCUT2D eigenvalue weighted by Gasteiger charge is -2.37. The fourth-order valence-corrected chi connectivity index (χ4v) is 5.33. The first-order valence-electron chi connectivity index (χ1n) is 13.1. The topological polar surface area (TPSA) is 174 Å². The Kier molecular flexibility index (Phi) is 9.81. The van der Waals surface area contributed by atoms with E-state index in [9.17, 15) is 29.2 Å². The lowest BCUT2D eigenvalue weighted by Crippen LogP contribution is -2.57. The number of nitrogens with zero attached hydrogens (tertiary/aromatic N) is 2. The second kappa shape index (κ2) is 12.8. The Hall–Kier alpha value is -3.51. The highest BCUT2D eigenvalue weighted by molar-refractivity contribution is 6.08. The number of hydroxylamine groups is 1. The monoisotopic (exact) mass is 530 g/mol. The summed E-state index contributed by atoms with van der Waals surface area (Å²) < 4.78 is 0. The fourth-order valence-electron chi connectivity index (χ4n) is 5.33. The molecule has 2 aliphatic heterocycles. The second-order valence-electron chi connectivity index (χ2n) is 10.1. The van der Waals surface area contributed by atoms with Crippen LogP contribution in [-0.2, 0) is 25.6 Å². The van der Waals surface area contributed by atoms with Gasteiger partial charge in [-0.2, -0.15) is 5.01 Å². The molecule has 6 N–H and O–H groups in total. The number of amides is 6. The molecular formula is C26H38N6O6. The van der Waals surface area contributed by atoms with Crippen molar-refractivity contribution in [2.45, 2.75) is 57.9 Å². The standard InChI is InChI=1S/C26H38N6O6/c1-3-17(2)21(19(22(34)30-38)11-7-10-18-8-5-4-6-9-18)23(35)29-32-24(36)26(28-25(32)37)12-14-31(15-13-26)20(33)16-27/h4-6,8-9,17,19,21,38H,3,7,10-16,27H2,1-2H3,(H,28,37)(H,29,35)(H,30,34)/t17?,19-,21?/m1/s1. The van der Waals surface area contributed by atoms with Crippen LogP contribution in [0.1, 0.15) is 51.5 Å². The minimum Gasteiger partial charge on any atom is -0.341 e. The summed E-state index contributed by atoms with van der Waals surface area (Å²) >= 11 is 0. The maximum absolute atomic E-state index is 13.5. The largest absolute Gasteiger partial charge is 0.344 e. The van der Waals surface area contributed by atoms with Gasteiger partial charge in [0.15, 0.2) is 0 Å². The molecule has 12 nitrogen and oxygen atoms in total. The average Bonchev–Trinajstić information content (AvgIpc) is 3.15. The molecule has 3 atom stereocenters. The SMILES string of the molecule is CCC(C)C(C(=O)NN1C(=O)NC2(CCN(C(=O)CN)CC2)C1=O)[C@@H](CCCc1ccccc1)C(=O)NO. The van der Waals surface area contributed by atoms with Crippen LogP contribution in [0.5, 0.6) is 0 Å². The molecule has 0 radical (unpaired) electrons. The lowest BCUT2D eigenvalue weighted by atomic mass is 9.77. The maximum Gasteiger partial charge on any atom is 0.344 e. The van der Waals surface area contributed by atoms with Gasteiger partial charge in [0.2, 0.25) is 17.7 Å². The molecule has 2 unspecified atom stereocenters. The van der Waals surface area contributed by atoms with Crippen molar-refractivity contribution in [2.24, 2.45) is 23.5 Å². The lowest BCUT2D eigenvalue weighted by molar-refractivity contribution is -0.147. The van der Waals surface area contributed by atoms with Gasteiger partial charge in [-0.3, -0.25) is 29.8 Å². The molecule has 2 fully saturated rings. The molecule has 6 amide bonds. The van der Waals surface area contributed by atoms with Crippen LogP contribution < -0.4 is 22.0 Å². The number of benzene rings is 1. The first kappa shape index (κ1) is 29.1. The number of hydrogen-bond acceptors (Lipinski definition) is 7. The smallest absolute Gasteiger partial charge is 0.341 e. The maximum atomic E-state index is 13.5. The molecule has 3 rings (SSSR count). The van der Waals surface area contributed by atoms with Crippen molar-refractivity contribution in [3.63, 3.8) is 0 Å². The van der Waals surface area contributed by atoms with Crippen molar-refractivity contribution < 1.29 is 29.2 Å². The van der Waals surface area contributed by atoms with Crippen molar-refractivity contribution >= 4 is 29.7 Å². The molecule has 0 aliphatic carbocycles. The molecule has 0 bridgehead atoms. The van der Waals surface area contributed by atoms with Gasteiger partial charge in [0.1, 0.15) is 5.54 Å². The number of imide groups is 1. The molecule has 38 heavy (non-hydrogen) atoms. The molecule has 1 spiro atoms. The van der Waals surface area contributed by atoms with Crippen LogP contribution in [-0.4, -0.2) is 69.9 Å². The third-order valence-corrected chi connectivity index (χ3v) is 7.79. The Morgan fingerprint density at radius 1 is 1.13 bits per heavy atom. The zero-order valence-electron chi connectivity index (χ0n) is 21.9. The third-order valence-electron chi connectivity index (χ3n) is 7.79. The van der Waals surface area contributed by atoms with Gasteiger partial charge in [-0.1, -0.05) is 50.6 Å². The Morgan fingerprint density at radius 3 is 2.37 bits per heavy atom. The molecule has 0 aromatic heterocycles. The number of piperidine rings is 1. The van der Waals surface area contributed by atoms with Gasteiger partial charge in [-0.25, -0.2) is 10.3 Å². The van der Waals surface area contributed by atoms with Crippen LogP contribution in [0.25, 0.3) is 0 Å². The average molecular weight is 531 g/mol. The Morgan fingerprint density at radius 2 is 1.79 bits per heavy atom. The Labute approximate surface area is 222 Å². The molecule has 208 valence electrons. The van der Waals surface area contributed by atoms with E-state index in [0.717, 1.165) is 5.56 Å². The number of nitrogens with two attached hydrogens (primary N) is 1. The van der Waals surface area contributed by atoms with Crippen LogP contribution in [0, 0.1) is 17.8 Å². The molecule has 1 aromatic rings. The fraction of sp³-hybridized carbons (Fsp3) is 0.577. The minimum atomic E-state index is -1.22. The summed E-state index contributed by atoms with van der Waals surface area (Å²) in [5, 5.41) is 12.8. The summed E-state index contributed by atoms with van der Waals surface area (Å²) in [6.45, 7) is 4.05. The highest BCUT2D eigenvalue weighted by Crippen LogP contribution is 2.31. The van der Waals surface area contributed by atoms with Crippen LogP contribution >= 0.6 is 0 Å². The van der Waals surface area contributed by atoms with Gasteiger partial charge in [0, 0.05) is 13.1 Å². The van der Waals surface area contributed by atoms with Crippen LogP contribution in [0.3, 0.4) is 0 Å². The van der Waals surface area contributed by atoms with Crippen molar-refractivity contribution in [3.8, 4) is 0 Å². The first-order valence-corrected chi connectivity index (χ1v) is 13.1. The molecule has 2 aliphatic rings. The van der Waals surface area contributed by atoms with Crippen LogP contribution in [0.2, 0.25) is 0 Å². The summed E-state index contributed by atoms with van der Waals surface area (Å²) in [5.74, 6) is -4.24. The van der Waals surface area contributed by atoms with E-state index in [1.54, 1.807) is 10.4 Å². The normalized spacial score (nSPS) is 19.1. The second-order valence-corrected chi connectivity index (χ2v) is 10.1. The molecule has 12 heteroatoms. The number of urea groups is 1. The molecule has 2 saturated heterocycles. The number of hydrogen-bond donors (Lipinski definition) is 5. The van der Waals surface area contributed by atoms with Gasteiger partial charge in [-0.15, -0.1) is 0 Å².